The predicted octanol–water partition coefficient (Wildman–Crippen LogP) is 4.62. The lowest BCUT2D eigenvalue weighted by Crippen LogP contribution is -2.22. The number of nitrogens with zero attached hydrogens (tertiary/aromatic N) is 1. The molecule has 2 aromatic rings. The zero-order valence-corrected chi connectivity index (χ0v) is 14.5. The van der Waals surface area contributed by atoms with Gasteiger partial charge in [0.1, 0.15) is 12.4 Å². The molecule has 0 spiro atoms. The Morgan fingerprint density at radius 2 is 1.80 bits per heavy atom. The minimum absolute atomic E-state index is 0.0876. The predicted molar refractivity (Wildman–Crippen MR) is 93.7 cm³/mol. The van der Waals surface area contributed by atoms with Gasteiger partial charge in [-0.1, -0.05) is 42.5 Å². The Labute approximate surface area is 147 Å². The first-order chi connectivity index (χ1) is 11.9. The fraction of sp³-hybridized carbons (Fsp3) is 0.350. The van der Waals surface area contributed by atoms with Gasteiger partial charge in [-0.25, -0.2) is 8.78 Å². The summed E-state index contributed by atoms with van der Waals surface area (Å²) in [6, 6.07) is 15.5. The zero-order valence-electron chi connectivity index (χ0n) is 14.5. The fourth-order valence-corrected chi connectivity index (χ4v) is 2.38. The molecule has 2 rings (SSSR count). The van der Waals surface area contributed by atoms with Crippen molar-refractivity contribution >= 4 is 5.91 Å². The molecule has 0 radical (unpaired) electrons. The Bertz CT molecular complexity index is 687. The first-order valence-electron chi connectivity index (χ1n) is 8.24. The molecular weight excluding hydrogens is 324 g/mol. The molecule has 25 heavy (non-hydrogen) atoms. The van der Waals surface area contributed by atoms with Crippen molar-refractivity contribution in [1.29, 1.82) is 0 Å². The normalized spacial score (nSPS) is 11.2. The van der Waals surface area contributed by atoms with Gasteiger partial charge in [-0.05, 0) is 24.1 Å². The van der Waals surface area contributed by atoms with E-state index in [1.54, 1.807) is 26.2 Å². The van der Waals surface area contributed by atoms with Crippen LogP contribution >= 0.6 is 0 Å². The number of carbonyl (C=O) groups is 1. The van der Waals surface area contributed by atoms with Gasteiger partial charge in [0.25, 0.3) is 5.92 Å². The van der Waals surface area contributed by atoms with E-state index in [1.165, 1.54) is 17.0 Å². The van der Waals surface area contributed by atoms with Crippen LogP contribution in [0.2, 0.25) is 0 Å². The molecule has 0 N–H and O–H groups in total. The van der Waals surface area contributed by atoms with E-state index < -0.39 is 5.92 Å². The number of amides is 1. The van der Waals surface area contributed by atoms with Crippen LogP contribution in [0.15, 0.2) is 54.6 Å². The van der Waals surface area contributed by atoms with E-state index in [-0.39, 0.29) is 30.7 Å². The van der Waals surface area contributed by atoms with E-state index in [9.17, 15) is 13.6 Å². The second-order valence-electron chi connectivity index (χ2n) is 6.15. The molecule has 0 atom stereocenters. The van der Waals surface area contributed by atoms with Crippen LogP contribution in [0.4, 0.5) is 8.78 Å². The SMILES string of the molecule is CN(C)C(=O)CCCC(F)(F)c1cccc(OCc2ccccc2)c1. The average molecular weight is 347 g/mol. The molecule has 0 fully saturated rings. The Morgan fingerprint density at radius 1 is 1.08 bits per heavy atom. The number of rotatable bonds is 8. The molecule has 5 heteroatoms. The van der Waals surface area contributed by atoms with E-state index in [0.29, 0.717) is 12.4 Å². The lowest BCUT2D eigenvalue weighted by atomic mass is 10.0. The summed E-state index contributed by atoms with van der Waals surface area (Å²) >= 11 is 0. The summed E-state index contributed by atoms with van der Waals surface area (Å²) < 4.78 is 34.3. The van der Waals surface area contributed by atoms with Crippen LogP contribution in [0.1, 0.15) is 30.4 Å². The lowest BCUT2D eigenvalue weighted by Gasteiger charge is -2.18. The van der Waals surface area contributed by atoms with Crippen molar-refractivity contribution in [2.45, 2.75) is 31.8 Å². The highest BCUT2D eigenvalue weighted by molar-refractivity contribution is 5.75. The molecule has 0 heterocycles. The van der Waals surface area contributed by atoms with Crippen molar-refractivity contribution in [3.8, 4) is 5.75 Å². The zero-order chi connectivity index (χ0) is 18.3. The Balaban J connectivity index is 1.95. The van der Waals surface area contributed by atoms with Crippen LogP contribution in [0.25, 0.3) is 0 Å². The minimum Gasteiger partial charge on any atom is -0.489 e. The van der Waals surface area contributed by atoms with Crippen molar-refractivity contribution in [3.05, 3.63) is 65.7 Å². The van der Waals surface area contributed by atoms with Crippen LogP contribution in [-0.4, -0.2) is 24.9 Å². The van der Waals surface area contributed by atoms with E-state index in [2.05, 4.69) is 0 Å². The van der Waals surface area contributed by atoms with Gasteiger partial charge in [0.2, 0.25) is 5.91 Å². The van der Waals surface area contributed by atoms with Gasteiger partial charge in [0.15, 0.2) is 0 Å². The molecule has 1 amide bonds. The number of halogens is 2. The van der Waals surface area contributed by atoms with Crippen molar-refractivity contribution in [2.24, 2.45) is 0 Å². The molecule has 0 bridgehead atoms. The highest BCUT2D eigenvalue weighted by Crippen LogP contribution is 2.35. The van der Waals surface area contributed by atoms with Crippen molar-refractivity contribution < 1.29 is 18.3 Å². The number of alkyl halides is 2. The van der Waals surface area contributed by atoms with E-state index in [1.807, 2.05) is 30.3 Å². The molecule has 0 aliphatic rings. The van der Waals surface area contributed by atoms with Gasteiger partial charge in [-0.15, -0.1) is 0 Å². The summed E-state index contributed by atoms with van der Waals surface area (Å²) in [5, 5.41) is 0. The third kappa shape index (κ3) is 5.85. The number of ether oxygens (including phenoxy) is 1. The number of benzene rings is 2. The van der Waals surface area contributed by atoms with Crippen LogP contribution < -0.4 is 4.74 Å². The second kappa shape index (κ2) is 8.60. The average Bonchev–Trinajstić information content (AvgIpc) is 2.61. The summed E-state index contributed by atoms with van der Waals surface area (Å²) in [7, 11) is 3.24. The van der Waals surface area contributed by atoms with Crippen LogP contribution in [-0.2, 0) is 17.3 Å². The lowest BCUT2D eigenvalue weighted by molar-refractivity contribution is -0.129. The third-order valence-electron chi connectivity index (χ3n) is 3.88. The molecule has 0 aromatic heterocycles. The minimum atomic E-state index is -2.99. The fourth-order valence-electron chi connectivity index (χ4n) is 2.38. The molecule has 2 aromatic carbocycles. The molecular formula is C20H23F2NO2. The summed E-state index contributed by atoms with van der Waals surface area (Å²) in [6.07, 6.45) is -0.110. The Hall–Kier alpha value is -2.43. The van der Waals surface area contributed by atoms with E-state index in [0.717, 1.165) is 5.56 Å². The highest BCUT2D eigenvalue weighted by atomic mass is 19.3. The van der Waals surface area contributed by atoms with Crippen molar-refractivity contribution in [1.82, 2.24) is 4.90 Å². The highest BCUT2D eigenvalue weighted by Gasteiger charge is 2.31. The van der Waals surface area contributed by atoms with Gasteiger partial charge in [-0.2, -0.15) is 0 Å². The van der Waals surface area contributed by atoms with Crippen LogP contribution in [0.3, 0.4) is 0 Å². The smallest absolute Gasteiger partial charge is 0.273 e. The molecule has 0 aliphatic heterocycles. The first kappa shape index (κ1) is 18.9. The van der Waals surface area contributed by atoms with Gasteiger partial charge < -0.3 is 9.64 Å². The number of hydrogen-bond acceptors (Lipinski definition) is 2. The molecule has 134 valence electrons. The van der Waals surface area contributed by atoms with Gasteiger partial charge in [0, 0.05) is 32.5 Å². The molecule has 0 saturated carbocycles. The maximum Gasteiger partial charge on any atom is 0.273 e. The number of carbonyl (C=O) groups excluding carboxylic acids is 1. The summed E-state index contributed by atoms with van der Waals surface area (Å²) in [5.41, 5.74) is 0.886. The molecule has 3 nitrogen and oxygen atoms in total. The summed E-state index contributed by atoms with van der Waals surface area (Å²) in [4.78, 5) is 12.9. The number of hydrogen-bond donors (Lipinski definition) is 0. The van der Waals surface area contributed by atoms with Crippen LogP contribution in [0, 0.1) is 0 Å². The van der Waals surface area contributed by atoms with E-state index >= 15 is 0 Å². The quantitative estimate of drug-likeness (QED) is 0.697. The van der Waals surface area contributed by atoms with E-state index in [4.69, 9.17) is 4.74 Å². The van der Waals surface area contributed by atoms with Crippen molar-refractivity contribution in [2.75, 3.05) is 14.1 Å². The maximum absolute atomic E-state index is 14.4. The largest absolute Gasteiger partial charge is 0.489 e. The topological polar surface area (TPSA) is 29.5 Å². The summed E-state index contributed by atoms with van der Waals surface area (Å²) in [6.45, 7) is 0.327. The van der Waals surface area contributed by atoms with Gasteiger partial charge in [0.05, 0.1) is 0 Å². The molecule has 0 unspecified atom stereocenters. The standard InChI is InChI=1S/C20H23F2NO2/c1-23(2)19(24)12-7-13-20(21,22)17-10-6-11-18(14-17)25-15-16-8-4-3-5-9-16/h3-6,8-11,14H,7,12-13,15H2,1-2H3. The maximum atomic E-state index is 14.4. The second-order valence-corrected chi connectivity index (χ2v) is 6.15. The molecule has 0 saturated heterocycles. The molecule has 0 aliphatic carbocycles. The Kier molecular flexibility index (Phi) is 6.51. The summed E-state index contributed by atoms with van der Waals surface area (Å²) in [5.74, 6) is -2.72. The van der Waals surface area contributed by atoms with Gasteiger partial charge in [-0.3, -0.25) is 4.79 Å². The monoisotopic (exact) mass is 347 g/mol. The van der Waals surface area contributed by atoms with Gasteiger partial charge >= 0.3 is 0 Å². The Morgan fingerprint density at radius 3 is 2.48 bits per heavy atom. The van der Waals surface area contributed by atoms with Crippen molar-refractivity contribution in [3.63, 3.8) is 0 Å². The third-order valence-corrected chi connectivity index (χ3v) is 3.88. The van der Waals surface area contributed by atoms with Crippen LogP contribution in [0.5, 0.6) is 5.75 Å². The first-order valence-corrected chi connectivity index (χ1v) is 8.24.